The van der Waals surface area contributed by atoms with Gasteiger partial charge in [0.2, 0.25) is 5.91 Å². The van der Waals surface area contributed by atoms with Crippen molar-refractivity contribution in [3.8, 4) is 0 Å². The summed E-state index contributed by atoms with van der Waals surface area (Å²) in [6.45, 7) is 9.29. The molecule has 0 atom stereocenters. The van der Waals surface area contributed by atoms with Crippen LogP contribution in [0.2, 0.25) is 0 Å². The van der Waals surface area contributed by atoms with Gasteiger partial charge in [-0.15, -0.1) is 0 Å². The highest BCUT2D eigenvalue weighted by atomic mass is 16.1. The van der Waals surface area contributed by atoms with Gasteiger partial charge in [0.05, 0.1) is 0 Å². The molecular weight excluding hydrogens is 226 g/mol. The van der Waals surface area contributed by atoms with Crippen LogP contribution >= 0.6 is 0 Å². The minimum Gasteiger partial charge on any atom is -0.356 e. The molecule has 0 aromatic carbocycles. The molecule has 1 fully saturated rings. The molecule has 1 saturated heterocycles. The number of hydrogen-bond acceptors (Lipinski definition) is 3. The lowest BCUT2D eigenvalue weighted by molar-refractivity contribution is -0.121. The van der Waals surface area contributed by atoms with Gasteiger partial charge in [-0.05, 0) is 51.4 Å². The summed E-state index contributed by atoms with van der Waals surface area (Å²) in [6, 6.07) is 0. The molecule has 0 spiro atoms. The maximum atomic E-state index is 11.5. The van der Waals surface area contributed by atoms with E-state index in [1.807, 2.05) is 0 Å². The third kappa shape index (κ3) is 6.97. The molecule has 0 bridgehead atoms. The zero-order valence-corrected chi connectivity index (χ0v) is 12.2. The first-order chi connectivity index (χ1) is 8.58. The highest BCUT2D eigenvalue weighted by molar-refractivity contribution is 5.76. The molecule has 1 amide bonds. The molecule has 0 aromatic rings. The van der Waals surface area contributed by atoms with Crippen LogP contribution in [-0.2, 0) is 4.79 Å². The van der Waals surface area contributed by atoms with Gasteiger partial charge in [0.15, 0.2) is 0 Å². The molecule has 1 heterocycles. The smallest absolute Gasteiger partial charge is 0.221 e. The van der Waals surface area contributed by atoms with Crippen LogP contribution in [0.5, 0.6) is 0 Å². The van der Waals surface area contributed by atoms with E-state index in [0.717, 1.165) is 25.6 Å². The van der Waals surface area contributed by atoms with Crippen LogP contribution < -0.4 is 10.6 Å². The van der Waals surface area contributed by atoms with Crippen LogP contribution in [0.3, 0.4) is 0 Å². The first kappa shape index (κ1) is 15.4. The lowest BCUT2D eigenvalue weighted by Gasteiger charge is -2.29. The number of nitrogens with one attached hydrogen (secondary N) is 2. The van der Waals surface area contributed by atoms with Crippen LogP contribution in [0.4, 0.5) is 0 Å². The van der Waals surface area contributed by atoms with Crippen molar-refractivity contribution >= 4 is 5.91 Å². The topological polar surface area (TPSA) is 44.4 Å². The Balaban J connectivity index is 1.96. The van der Waals surface area contributed by atoms with E-state index >= 15 is 0 Å². The van der Waals surface area contributed by atoms with E-state index in [-0.39, 0.29) is 5.91 Å². The van der Waals surface area contributed by atoms with Gasteiger partial charge in [-0.3, -0.25) is 4.79 Å². The molecule has 4 heteroatoms. The zero-order chi connectivity index (χ0) is 13.4. The molecule has 18 heavy (non-hydrogen) atoms. The van der Waals surface area contributed by atoms with Gasteiger partial charge in [0, 0.05) is 19.5 Å². The normalized spacial score (nSPS) is 18.2. The minimum atomic E-state index is 0.166. The van der Waals surface area contributed by atoms with Crippen LogP contribution in [0.15, 0.2) is 0 Å². The fourth-order valence-electron chi connectivity index (χ4n) is 2.18. The van der Waals surface area contributed by atoms with Crippen LogP contribution in [0, 0.1) is 11.8 Å². The summed E-state index contributed by atoms with van der Waals surface area (Å²) in [6.07, 6.45) is 3.16. The summed E-state index contributed by atoms with van der Waals surface area (Å²) in [5, 5.41) is 6.35. The third-order valence-corrected chi connectivity index (χ3v) is 3.51. The van der Waals surface area contributed by atoms with E-state index < -0.39 is 0 Å². The predicted octanol–water partition coefficient (Wildman–Crippen LogP) is 1.08. The van der Waals surface area contributed by atoms with Crippen molar-refractivity contribution in [3.63, 3.8) is 0 Å². The second kappa shape index (κ2) is 8.48. The van der Waals surface area contributed by atoms with Crippen molar-refractivity contribution in [3.05, 3.63) is 0 Å². The Morgan fingerprint density at radius 2 is 2.00 bits per heavy atom. The molecule has 0 aromatic heterocycles. The monoisotopic (exact) mass is 255 g/mol. The SMILES string of the molecule is CC(C)CNC(=O)CCNCC1CCN(C)CC1. The van der Waals surface area contributed by atoms with E-state index in [1.165, 1.54) is 25.9 Å². The van der Waals surface area contributed by atoms with E-state index in [0.29, 0.717) is 12.3 Å². The fraction of sp³-hybridized carbons (Fsp3) is 0.929. The van der Waals surface area contributed by atoms with Crippen LogP contribution in [0.1, 0.15) is 33.1 Å². The molecule has 2 N–H and O–H groups in total. The van der Waals surface area contributed by atoms with Crippen molar-refractivity contribution in [1.29, 1.82) is 0 Å². The van der Waals surface area contributed by atoms with Gasteiger partial charge >= 0.3 is 0 Å². The van der Waals surface area contributed by atoms with Crippen molar-refractivity contribution < 1.29 is 4.79 Å². The summed E-state index contributed by atoms with van der Waals surface area (Å²) in [7, 11) is 2.18. The van der Waals surface area contributed by atoms with Gasteiger partial charge < -0.3 is 15.5 Å². The molecular formula is C14H29N3O. The maximum absolute atomic E-state index is 11.5. The molecule has 1 aliphatic heterocycles. The Hall–Kier alpha value is -0.610. The van der Waals surface area contributed by atoms with Gasteiger partial charge in [-0.1, -0.05) is 13.8 Å². The summed E-state index contributed by atoms with van der Waals surface area (Å²) < 4.78 is 0. The first-order valence-corrected chi connectivity index (χ1v) is 7.24. The Kier molecular flexibility index (Phi) is 7.28. The molecule has 0 saturated carbocycles. The molecule has 106 valence electrons. The number of amides is 1. The highest BCUT2D eigenvalue weighted by Crippen LogP contribution is 2.14. The Bertz CT molecular complexity index is 235. The lowest BCUT2D eigenvalue weighted by Crippen LogP contribution is -2.36. The number of nitrogens with zero attached hydrogens (tertiary/aromatic N) is 1. The summed E-state index contributed by atoms with van der Waals surface area (Å²) in [5.41, 5.74) is 0. The highest BCUT2D eigenvalue weighted by Gasteiger charge is 2.15. The van der Waals surface area contributed by atoms with Crippen molar-refractivity contribution in [2.24, 2.45) is 11.8 Å². The largest absolute Gasteiger partial charge is 0.356 e. The lowest BCUT2D eigenvalue weighted by atomic mass is 9.97. The Morgan fingerprint density at radius 1 is 1.33 bits per heavy atom. The number of piperidine rings is 1. The van der Waals surface area contributed by atoms with Crippen LogP contribution in [-0.4, -0.2) is 50.6 Å². The van der Waals surface area contributed by atoms with Crippen molar-refractivity contribution in [1.82, 2.24) is 15.5 Å². The number of rotatable bonds is 7. The average molecular weight is 255 g/mol. The zero-order valence-electron chi connectivity index (χ0n) is 12.2. The molecule has 0 aliphatic carbocycles. The van der Waals surface area contributed by atoms with Gasteiger partial charge in [0.1, 0.15) is 0 Å². The first-order valence-electron chi connectivity index (χ1n) is 7.24. The fourth-order valence-corrected chi connectivity index (χ4v) is 2.18. The van der Waals surface area contributed by atoms with Gasteiger partial charge in [-0.2, -0.15) is 0 Å². The molecule has 0 radical (unpaired) electrons. The Morgan fingerprint density at radius 3 is 2.61 bits per heavy atom. The summed E-state index contributed by atoms with van der Waals surface area (Å²) in [5.74, 6) is 1.49. The predicted molar refractivity (Wildman–Crippen MR) is 75.6 cm³/mol. The van der Waals surface area contributed by atoms with E-state index in [4.69, 9.17) is 0 Å². The number of hydrogen-bond donors (Lipinski definition) is 2. The molecule has 1 aliphatic rings. The van der Waals surface area contributed by atoms with E-state index in [1.54, 1.807) is 0 Å². The van der Waals surface area contributed by atoms with E-state index in [2.05, 4.69) is 36.4 Å². The third-order valence-electron chi connectivity index (χ3n) is 3.51. The molecule has 1 rings (SSSR count). The number of carbonyl (C=O) groups excluding carboxylic acids is 1. The summed E-state index contributed by atoms with van der Waals surface area (Å²) >= 11 is 0. The molecule has 4 nitrogen and oxygen atoms in total. The maximum Gasteiger partial charge on any atom is 0.221 e. The quantitative estimate of drug-likeness (QED) is 0.669. The standard InChI is InChI=1S/C14H29N3O/c1-12(2)10-16-14(18)4-7-15-11-13-5-8-17(3)9-6-13/h12-13,15H,4-11H2,1-3H3,(H,16,18). The second-order valence-corrected chi connectivity index (χ2v) is 5.90. The van der Waals surface area contributed by atoms with Gasteiger partial charge in [0.25, 0.3) is 0 Å². The van der Waals surface area contributed by atoms with Gasteiger partial charge in [-0.25, -0.2) is 0 Å². The second-order valence-electron chi connectivity index (χ2n) is 5.90. The number of carbonyl (C=O) groups is 1. The van der Waals surface area contributed by atoms with Crippen LogP contribution in [0.25, 0.3) is 0 Å². The number of likely N-dealkylation sites (tertiary alicyclic amines) is 1. The minimum absolute atomic E-state index is 0.166. The van der Waals surface area contributed by atoms with Crippen molar-refractivity contribution in [2.45, 2.75) is 33.1 Å². The molecule has 0 unspecified atom stereocenters. The summed E-state index contributed by atoms with van der Waals surface area (Å²) in [4.78, 5) is 13.9. The average Bonchev–Trinajstić information content (AvgIpc) is 2.34. The Labute approximate surface area is 111 Å². The van der Waals surface area contributed by atoms with Crippen molar-refractivity contribution in [2.75, 3.05) is 39.8 Å². The van der Waals surface area contributed by atoms with E-state index in [9.17, 15) is 4.79 Å².